The summed E-state index contributed by atoms with van der Waals surface area (Å²) in [6.07, 6.45) is 10.4. The van der Waals surface area contributed by atoms with Crippen LogP contribution in [-0.4, -0.2) is 105 Å². The van der Waals surface area contributed by atoms with Gasteiger partial charge in [-0.1, -0.05) is 19.7 Å². The van der Waals surface area contributed by atoms with Gasteiger partial charge in [-0.3, -0.25) is 33.8 Å². The highest BCUT2D eigenvalue weighted by molar-refractivity contribution is 6.26. The number of Topliss-reactive ketones (excluding diaryl/α,β-unsaturated/α-hetero) is 1. The van der Waals surface area contributed by atoms with Crippen LogP contribution < -0.4 is 20.3 Å². The lowest BCUT2D eigenvalue weighted by Gasteiger charge is -2.32. The van der Waals surface area contributed by atoms with Crippen LogP contribution in [0.5, 0.6) is 0 Å². The van der Waals surface area contributed by atoms with Crippen LogP contribution in [-0.2, 0) is 22.4 Å². The molecule has 4 aliphatic rings. The van der Waals surface area contributed by atoms with Gasteiger partial charge in [-0.05, 0) is 79.4 Å². The van der Waals surface area contributed by atoms with Crippen molar-refractivity contribution in [2.75, 3.05) is 82.2 Å². The quantitative estimate of drug-likeness (QED) is 0.376. The van der Waals surface area contributed by atoms with Gasteiger partial charge < -0.3 is 19.6 Å². The second-order valence-electron chi connectivity index (χ2n) is 12.8. The lowest BCUT2D eigenvalue weighted by molar-refractivity contribution is -0.120. The molecule has 0 atom stereocenters. The maximum atomic E-state index is 12.0. The highest BCUT2D eigenvalue weighted by Crippen LogP contribution is 2.31. The Bertz CT molecular complexity index is 1810. The monoisotopic (exact) mass is 678 g/mol. The molecule has 0 unspecified atom stereocenters. The predicted octanol–water partition coefficient (Wildman–Crippen LogP) is 4.36. The van der Waals surface area contributed by atoms with Crippen molar-refractivity contribution in [3.8, 4) is 5.69 Å². The number of aromatic nitrogens is 2. The van der Waals surface area contributed by atoms with Gasteiger partial charge in [0.25, 0.3) is 5.56 Å². The number of benzene rings is 2. The van der Waals surface area contributed by atoms with Crippen molar-refractivity contribution in [1.82, 2.24) is 19.4 Å². The van der Waals surface area contributed by atoms with Crippen LogP contribution in [0.4, 0.5) is 17.1 Å². The number of amides is 1. The van der Waals surface area contributed by atoms with Gasteiger partial charge in [0.1, 0.15) is 0 Å². The standard InChI is InChI=1S/C14H19N3O.C13H13N3O.C7H11N.C5H7NO/c1-15-7-8-17(14(18)10-15)12-3-4-13-11(9-12)5-6-16(13)2;1-15-6-4-10-8-11(2-3-12(10)15)16-7-5-14-9-13(16)17;1-6-4-5-8(3)7(6)2;1-3-6-4-5(2)7/h3-4,9H,5-8,10H2,1-2H3;2-3,5,7-9H,4,6H2,1H3;1-2,4-5H2,3H3;3-4H,1H2,2H3. The molecule has 0 bridgehead atoms. The third-order valence-corrected chi connectivity index (χ3v) is 9.09. The first-order valence-electron chi connectivity index (χ1n) is 16.8. The number of hydrogen-bond donors (Lipinski definition) is 0. The maximum absolute atomic E-state index is 12.0. The molecule has 50 heavy (non-hydrogen) atoms. The molecule has 0 aliphatic carbocycles. The number of likely N-dealkylation sites (tertiary alicyclic amines) is 1. The van der Waals surface area contributed by atoms with E-state index in [2.05, 4.69) is 93.7 Å². The van der Waals surface area contributed by atoms with Crippen LogP contribution in [0, 0.1) is 0 Å². The van der Waals surface area contributed by atoms with E-state index in [1.807, 2.05) is 25.1 Å². The number of fused-ring (bicyclic) bond motifs is 2. The largest absolute Gasteiger partial charge is 0.375 e. The SMILES string of the molecule is C=C1CCN(C)C1=C.C=CN=CC(C)=O.CN1CCN(c2ccc3c(c2)CCN3C)C(=O)C1.CN1CCc2cc(-n3ccncc3=O)ccc21. The van der Waals surface area contributed by atoms with Crippen LogP contribution >= 0.6 is 0 Å². The second-order valence-corrected chi connectivity index (χ2v) is 12.8. The number of piperazine rings is 1. The zero-order valence-corrected chi connectivity index (χ0v) is 30.1. The Morgan fingerprint density at radius 1 is 0.820 bits per heavy atom. The molecule has 3 aromatic rings. The average molecular weight is 679 g/mol. The van der Waals surface area contributed by atoms with E-state index in [0.29, 0.717) is 6.54 Å². The third-order valence-electron chi connectivity index (χ3n) is 9.09. The number of likely N-dealkylation sites (N-methyl/N-ethyl adjacent to an activating group) is 4. The second kappa shape index (κ2) is 17.4. The Kier molecular flexibility index (Phi) is 13.1. The molecule has 11 nitrogen and oxygen atoms in total. The number of rotatable bonds is 4. The maximum Gasteiger partial charge on any atom is 0.273 e. The number of nitrogens with zero attached hydrogens (tertiary/aromatic N) is 8. The fraction of sp³-hybridized carbons (Fsp3) is 0.359. The number of ketones is 1. The summed E-state index contributed by atoms with van der Waals surface area (Å²) >= 11 is 0. The molecule has 5 heterocycles. The Hall–Kier alpha value is -5.29. The van der Waals surface area contributed by atoms with Crippen molar-refractivity contribution in [3.05, 3.63) is 114 Å². The number of aliphatic imine (C=N–C) groups is 1. The minimum Gasteiger partial charge on any atom is -0.375 e. The fourth-order valence-corrected chi connectivity index (χ4v) is 6.06. The number of anilines is 3. The molecule has 11 heteroatoms. The molecule has 7 rings (SSSR count). The summed E-state index contributed by atoms with van der Waals surface area (Å²) in [5, 5.41) is 0. The van der Waals surface area contributed by atoms with E-state index in [0.717, 1.165) is 69.1 Å². The van der Waals surface area contributed by atoms with E-state index in [1.165, 1.54) is 53.6 Å². The molecule has 0 radical (unpaired) electrons. The molecule has 0 spiro atoms. The van der Waals surface area contributed by atoms with Crippen LogP contribution in [0.2, 0.25) is 0 Å². The molecular formula is C39H50N8O3. The highest BCUT2D eigenvalue weighted by atomic mass is 16.2. The smallest absolute Gasteiger partial charge is 0.273 e. The highest BCUT2D eigenvalue weighted by Gasteiger charge is 2.25. The van der Waals surface area contributed by atoms with Crippen LogP contribution in [0.1, 0.15) is 24.5 Å². The van der Waals surface area contributed by atoms with Gasteiger partial charge in [0.15, 0.2) is 5.78 Å². The molecule has 2 fully saturated rings. The minimum absolute atomic E-state index is 0.0556. The van der Waals surface area contributed by atoms with Crippen LogP contribution in [0.3, 0.4) is 0 Å². The molecule has 1 aromatic heterocycles. The van der Waals surface area contributed by atoms with Crippen LogP contribution in [0.15, 0.2) is 102 Å². The summed E-state index contributed by atoms with van der Waals surface area (Å²) in [7, 11) is 8.24. The summed E-state index contributed by atoms with van der Waals surface area (Å²) in [6.45, 7) is 17.9. The van der Waals surface area contributed by atoms with E-state index in [9.17, 15) is 14.4 Å². The van der Waals surface area contributed by atoms with Gasteiger partial charge in [-0.2, -0.15) is 0 Å². The molecule has 264 valence electrons. The summed E-state index contributed by atoms with van der Waals surface area (Å²) in [5.41, 5.74) is 9.39. The van der Waals surface area contributed by atoms with E-state index >= 15 is 0 Å². The van der Waals surface area contributed by atoms with E-state index in [-0.39, 0.29) is 17.2 Å². The Balaban J connectivity index is 0.000000162. The first-order valence-corrected chi connectivity index (χ1v) is 16.8. The van der Waals surface area contributed by atoms with Crippen molar-refractivity contribution in [3.63, 3.8) is 0 Å². The summed E-state index contributed by atoms with van der Waals surface area (Å²) in [5.74, 6) is 0.148. The van der Waals surface area contributed by atoms with Gasteiger partial charge in [0.2, 0.25) is 5.91 Å². The minimum atomic E-state index is -0.0983. The van der Waals surface area contributed by atoms with Crippen molar-refractivity contribution in [2.24, 2.45) is 4.99 Å². The molecule has 0 saturated carbocycles. The normalized spacial score (nSPS) is 16.6. The fourth-order valence-electron chi connectivity index (χ4n) is 6.06. The van der Waals surface area contributed by atoms with Crippen molar-refractivity contribution in [2.45, 2.75) is 26.2 Å². The Morgan fingerprint density at radius 3 is 1.90 bits per heavy atom. The van der Waals surface area contributed by atoms with Crippen LogP contribution in [0.25, 0.3) is 5.69 Å². The van der Waals surface area contributed by atoms with Crippen molar-refractivity contribution in [1.29, 1.82) is 0 Å². The number of carbonyl (C=O) groups is 2. The lowest BCUT2D eigenvalue weighted by atomic mass is 10.1. The summed E-state index contributed by atoms with van der Waals surface area (Å²) < 4.78 is 1.62. The van der Waals surface area contributed by atoms with Gasteiger partial charge in [-0.25, -0.2) is 0 Å². The first-order chi connectivity index (χ1) is 23.9. The summed E-state index contributed by atoms with van der Waals surface area (Å²) in [4.78, 5) is 51.6. The molecule has 1 amide bonds. The third kappa shape index (κ3) is 9.66. The topological polar surface area (TPSA) is 97.6 Å². The van der Waals surface area contributed by atoms with E-state index in [4.69, 9.17) is 0 Å². The van der Waals surface area contributed by atoms with Crippen molar-refractivity contribution < 1.29 is 9.59 Å². The molecular weight excluding hydrogens is 628 g/mol. The molecule has 2 saturated heterocycles. The zero-order chi connectivity index (χ0) is 36.4. The average Bonchev–Trinajstić information content (AvgIpc) is 3.76. The zero-order valence-electron chi connectivity index (χ0n) is 30.1. The summed E-state index contributed by atoms with van der Waals surface area (Å²) in [6, 6.07) is 12.5. The molecule has 2 aromatic carbocycles. The van der Waals surface area contributed by atoms with Gasteiger partial charge in [-0.15, -0.1) is 0 Å². The van der Waals surface area contributed by atoms with E-state index < -0.39 is 0 Å². The lowest BCUT2D eigenvalue weighted by Crippen LogP contribution is -2.48. The number of allylic oxidation sites excluding steroid dienone is 1. The Labute approximate surface area is 296 Å². The molecule has 4 aliphatic heterocycles. The molecule has 0 N–H and O–H groups in total. The Morgan fingerprint density at radius 2 is 1.42 bits per heavy atom. The first kappa shape index (κ1) is 37.5. The van der Waals surface area contributed by atoms with Crippen molar-refractivity contribution >= 4 is 35.0 Å². The van der Waals surface area contributed by atoms with Gasteiger partial charge >= 0.3 is 0 Å². The van der Waals surface area contributed by atoms with E-state index in [1.54, 1.807) is 17.0 Å². The van der Waals surface area contributed by atoms with Gasteiger partial charge in [0, 0.05) is 108 Å². The number of carbonyl (C=O) groups excluding carboxylic acids is 2. The number of hydrogen-bond acceptors (Lipinski definition) is 9. The predicted molar refractivity (Wildman–Crippen MR) is 205 cm³/mol. The van der Waals surface area contributed by atoms with Gasteiger partial charge in [0.05, 0.1) is 19.0 Å².